The first-order valence-electron chi connectivity index (χ1n) is 8.26. The van der Waals surface area contributed by atoms with E-state index in [1.807, 2.05) is 27.7 Å². The molecule has 0 aromatic rings. The molecule has 0 aromatic carbocycles. The van der Waals surface area contributed by atoms with E-state index in [0.717, 1.165) is 19.3 Å². The van der Waals surface area contributed by atoms with Crippen LogP contribution < -0.4 is 0 Å². The molecule has 0 bridgehead atoms. The fraction of sp³-hybridized carbons (Fsp3) is 0.882. The van der Waals surface area contributed by atoms with E-state index in [4.69, 9.17) is 9.47 Å². The maximum Gasteiger partial charge on any atom is 0.410 e. The average Bonchev–Trinajstić information content (AvgIpc) is 2.43. The highest BCUT2D eigenvalue weighted by molar-refractivity contribution is 5.73. The summed E-state index contributed by atoms with van der Waals surface area (Å²) >= 11 is 0. The molecule has 1 rings (SSSR count). The number of hydrogen-bond donors (Lipinski definition) is 1. The Bertz CT molecular complexity index is 441. The SMILES string of the molecule is CCC1(OCC(C)(C)C(=O)O)CCCN(C(=O)OC(C)(C)C)C1. The van der Waals surface area contributed by atoms with Crippen molar-refractivity contribution in [2.75, 3.05) is 19.7 Å². The normalized spacial score (nSPS) is 22.8. The zero-order chi connectivity index (χ0) is 17.9. The second-order valence-corrected chi connectivity index (χ2v) is 8.02. The van der Waals surface area contributed by atoms with Crippen molar-refractivity contribution >= 4 is 12.1 Å². The summed E-state index contributed by atoms with van der Waals surface area (Å²) in [6, 6.07) is 0. The Kier molecular flexibility index (Phi) is 6.07. The Hall–Kier alpha value is -1.30. The lowest BCUT2D eigenvalue weighted by Crippen LogP contribution is -2.53. The molecule has 1 heterocycles. The third-order valence-electron chi connectivity index (χ3n) is 4.15. The molecule has 0 saturated carbocycles. The van der Waals surface area contributed by atoms with Crippen LogP contribution in [0.15, 0.2) is 0 Å². The van der Waals surface area contributed by atoms with Crippen LogP contribution in [-0.4, -0.2) is 53.0 Å². The minimum Gasteiger partial charge on any atom is -0.481 e. The summed E-state index contributed by atoms with van der Waals surface area (Å²) < 4.78 is 11.5. The van der Waals surface area contributed by atoms with Crippen LogP contribution in [0.25, 0.3) is 0 Å². The maximum absolute atomic E-state index is 12.3. The van der Waals surface area contributed by atoms with E-state index >= 15 is 0 Å². The number of ether oxygens (including phenoxy) is 2. The molecule has 0 spiro atoms. The van der Waals surface area contributed by atoms with E-state index in [1.54, 1.807) is 18.7 Å². The lowest BCUT2D eigenvalue weighted by atomic mass is 9.88. The van der Waals surface area contributed by atoms with Crippen molar-refractivity contribution in [1.29, 1.82) is 0 Å². The van der Waals surface area contributed by atoms with Gasteiger partial charge in [0.25, 0.3) is 0 Å². The Morgan fingerprint density at radius 3 is 2.30 bits per heavy atom. The minimum atomic E-state index is -0.948. The molecule has 1 fully saturated rings. The van der Waals surface area contributed by atoms with E-state index in [-0.39, 0.29) is 12.7 Å². The molecule has 23 heavy (non-hydrogen) atoms. The molecule has 0 radical (unpaired) electrons. The van der Waals surface area contributed by atoms with E-state index < -0.39 is 22.6 Å². The van der Waals surface area contributed by atoms with Gasteiger partial charge < -0.3 is 19.5 Å². The summed E-state index contributed by atoms with van der Waals surface area (Å²) in [5, 5.41) is 9.23. The van der Waals surface area contributed by atoms with Crippen molar-refractivity contribution in [3.05, 3.63) is 0 Å². The van der Waals surface area contributed by atoms with E-state index in [9.17, 15) is 14.7 Å². The molecule has 1 atom stereocenters. The number of hydrogen-bond acceptors (Lipinski definition) is 4. The smallest absolute Gasteiger partial charge is 0.410 e. The van der Waals surface area contributed by atoms with Crippen molar-refractivity contribution < 1.29 is 24.2 Å². The molecule has 1 aliphatic heterocycles. The zero-order valence-electron chi connectivity index (χ0n) is 15.3. The third kappa shape index (κ3) is 5.68. The fourth-order valence-corrected chi connectivity index (χ4v) is 2.48. The molecular formula is C17H31NO5. The number of rotatable bonds is 5. The van der Waals surface area contributed by atoms with Crippen LogP contribution in [0, 0.1) is 5.41 Å². The summed E-state index contributed by atoms with van der Waals surface area (Å²) in [5.74, 6) is -0.886. The van der Waals surface area contributed by atoms with Crippen LogP contribution in [-0.2, 0) is 14.3 Å². The van der Waals surface area contributed by atoms with Crippen molar-refractivity contribution in [3.63, 3.8) is 0 Å². The standard InChI is InChI=1S/C17H31NO5/c1-7-17(22-12-16(5,6)13(19)20)9-8-10-18(11-17)14(21)23-15(2,3)4/h7-12H2,1-6H3,(H,19,20). The number of carboxylic acid groups (broad SMARTS) is 1. The third-order valence-corrected chi connectivity index (χ3v) is 4.15. The average molecular weight is 329 g/mol. The fourth-order valence-electron chi connectivity index (χ4n) is 2.48. The molecule has 0 aromatic heterocycles. The maximum atomic E-state index is 12.3. The van der Waals surface area contributed by atoms with Gasteiger partial charge in [-0.1, -0.05) is 6.92 Å². The summed E-state index contributed by atoms with van der Waals surface area (Å²) in [5.41, 5.74) is -1.98. The van der Waals surface area contributed by atoms with E-state index in [2.05, 4.69) is 0 Å². The summed E-state index contributed by atoms with van der Waals surface area (Å²) in [4.78, 5) is 25.2. The number of nitrogens with zero attached hydrogens (tertiary/aromatic N) is 1. The van der Waals surface area contributed by atoms with Crippen molar-refractivity contribution in [2.24, 2.45) is 5.41 Å². The second-order valence-electron chi connectivity index (χ2n) is 8.02. The Morgan fingerprint density at radius 2 is 1.83 bits per heavy atom. The van der Waals surface area contributed by atoms with Gasteiger partial charge >= 0.3 is 12.1 Å². The van der Waals surface area contributed by atoms with Crippen LogP contribution in [0.4, 0.5) is 4.79 Å². The monoisotopic (exact) mass is 329 g/mol. The minimum absolute atomic E-state index is 0.123. The van der Waals surface area contributed by atoms with Gasteiger partial charge in [-0.15, -0.1) is 0 Å². The highest BCUT2D eigenvalue weighted by Gasteiger charge is 2.40. The first-order chi connectivity index (χ1) is 10.4. The van der Waals surface area contributed by atoms with Crippen LogP contribution >= 0.6 is 0 Å². The molecular weight excluding hydrogens is 298 g/mol. The van der Waals surface area contributed by atoms with Crippen LogP contribution in [0.5, 0.6) is 0 Å². The largest absolute Gasteiger partial charge is 0.481 e. The predicted molar refractivity (Wildman–Crippen MR) is 87.4 cm³/mol. The van der Waals surface area contributed by atoms with Crippen molar-refractivity contribution in [1.82, 2.24) is 4.90 Å². The number of amides is 1. The Balaban J connectivity index is 2.75. The number of carbonyl (C=O) groups excluding carboxylic acids is 1. The van der Waals surface area contributed by atoms with Gasteiger partial charge in [0.15, 0.2) is 0 Å². The molecule has 1 N–H and O–H groups in total. The Labute approximate surface area is 139 Å². The lowest BCUT2D eigenvalue weighted by Gasteiger charge is -2.43. The van der Waals surface area contributed by atoms with Crippen LogP contribution in [0.3, 0.4) is 0 Å². The quantitative estimate of drug-likeness (QED) is 0.837. The number of carbonyl (C=O) groups is 2. The molecule has 0 aliphatic carbocycles. The lowest BCUT2D eigenvalue weighted by molar-refractivity contribution is -0.159. The molecule has 1 saturated heterocycles. The molecule has 134 valence electrons. The van der Waals surface area contributed by atoms with Crippen molar-refractivity contribution in [3.8, 4) is 0 Å². The molecule has 1 aliphatic rings. The van der Waals surface area contributed by atoms with Gasteiger partial charge in [-0.3, -0.25) is 4.79 Å². The van der Waals surface area contributed by atoms with Crippen LogP contribution in [0.1, 0.15) is 60.8 Å². The summed E-state index contributed by atoms with van der Waals surface area (Å²) in [6.07, 6.45) is 2.03. The van der Waals surface area contributed by atoms with Gasteiger partial charge in [-0.25, -0.2) is 4.79 Å². The van der Waals surface area contributed by atoms with E-state index in [0.29, 0.717) is 13.1 Å². The van der Waals surface area contributed by atoms with Gasteiger partial charge in [-0.2, -0.15) is 0 Å². The number of aliphatic carboxylic acids is 1. The van der Waals surface area contributed by atoms with Gasteiger partial charge in [0.1, 0.15) is 5.60 Å². The first-order valence-corrected chi connectivity index (χ1v) is 8.26. The number of piperidine rings is 1. The highest BCUT2D eigenvalue weighted by Crippen LogP contribution is 2.31. The molecule has 6 nitrogen and oxygen atoms in total. The van der Waals surface area contributed by atoms with Gasteiger partial charge in [0.2, 0.25) is 0 Å². The molecule has 1 amide bonds. The Morgan fingerprint density at radius 1 is 1.22 bits per heavy atom. The topological polar surface area (TPSA) is 76.1 Å². The molecule has 1 unspecified atom stereocenters. The summed E-state index contributed by atoms with van der Waals surface area (Å²) in [7, 11) is 0. The highest BCUT2D eigenvalue weighted by atomic mass is 16.6. The predicted octanol–water partition coefficient (Wildman–Crippen LogP) is 3.29. The van der Waals surface area contributed by atoms with Crippen LogP contribution in [0.2, 0.25) is 0 Å². The van der Waals surface area contributed by atoms with Gasteiger partial charge in [-0.05, 0) is 53.9 Å². The second kappa shape index (κ2) is 7.07. The molecule has 6 heteroatoms. The number of likely N-dealkylation sites (tertiary alicyclic amines) is 1. The van der Waals surface area contributed by atoms with Gasteiger partial charge in [0.05, 0.1) is 24.2 Å². The first kappa shape index (κ1) is 19.7. The number of carboxylic acids is 1. The zero-order valence-corrected chi connectivity index (χ0v) is 15.3. The summed E-state index contributed by atoms with van der Waals surface area (Å²) in [6.45, 7) is 12.0. The van der Waals surface area contributed by atoms with E-state index in [1.165, 1.54) is 0 Å². The van der Waals surface area contributed by atoms with Gasteiger partial charge in [0, 0.05) is 6.54 Å². The van der Waals surface area contributed by atoms with Crippen molar-refractivity contribution in [2.45, 2.75) is 72.0 Å².